The minimum atomic E-state index is 0.313. The smallest absolute Gasteiger partial charge is 0.281 e. The Morgan fingerprint density at radius 3 is 2.70 bits per heavy atom. The number of anilines is 1. The number of piperidine rings is 1. The van der Waals surface area contributed by atoms with Crippen molar-refractivity contribution >= 4 is 46.3 Å². The summed E-state index contributed by atoms with van der Waals surface area (Å²) < 4.78 is 5.95. The molecular formula is C24H24ClN5OS2. The predicted octanol–water partition coefficient (Wildman–Crippen LogP) is 6.60. The molecule has 0 bridgehead atoms. The maximum absolute atomic E-state index is 7.12. The highest BCUT2D eigenvalue weighted by molar-refractivity contribution is 7.99. The van der Waals surface area contributed by atoms with Gasteiger partial charge in [-0.3, -0.25) is 0 Å². The molecule has 3 aromatic rings. The van der Waals surface area contributed by atoms with Crippen LogP contribution in [0.3, 0.4) is 0 Å². The predicted molar refractivity (Wildman–Crippen MR) is 133 cm³/mol. The number of benzene rings is 1. The van der Waals surface area contributed by atoms with Crippen LogP contribution in [0.4, 0.5) is 11.6 Å². The number of rotatable bonds is 4. The first kappa shape index (κ1) is 22.6. The van der Waals surface area contributed by atoms with Crippen LogP contribution in [0, 0.1) is 17.9 Å². The highest BCUT2D eigenvalue weighted by Crippen LogP contribution is 2.46. The minimum Gasteiger partial charge on any atom is -0.378 e. The van der Waals surface area contributed by atoms with Crippen molar-refractivity contribution < 1.29 is 4.74 Å². The first-order valence-electron chi connectivity index (χ1n) is 11.0. The molecule has 33 heavy (non-hydrogen) atoms. The first-order chi connectivity index (χ1) is 16.0. The number of hydrogen-bond acceptors (Lipinski definition) is 7. The lowest BCUT2D eigenvalue weighted by atomic mass is 9.70. The van der Waals surface area contributed by atoms with Gasteiger partial charge >= 0.3 is 0 Å². The molecule has 1 aromatic carbocycles. The second kappa shape index (κ2) is 9.22. The van der Waals surface area contributed by atoms with E-state index in [4.69, 9.17) is 27.9 Å². The summed E-state index contributed by atoms with van der Waals surface area (Å²) >= 11 is 9.59. The summed E-state index contributed by atoms with van der Waals surface area (Å²) in [6, 6.07) is 5.83. The van der Waals surface area contributed by atoms with Crippen LogP contribution in [0.1, 0.15) is 26.7 Å². The Labute approximate surface area is 207 Å². The van der Waals surface area contributed by atoms with Gasteiger partial charge in [0, 0.05) is 28.8 Å². The Morgan fingerprint density at radius 1 is 1.24 bits per heavy atom. The maximum Gasteiger partial charge on any atom is 0.281 e. The molecule has 2 fully saturated rings. The Morgan fingerprint density at radius 2 is 2.06 bits per heavy atom. The van der Waals surface area contributed by atoms with Crippen LogP contribution in [0.15, 0.2) is 45.9 Å². The number of aromatic nitrogens is 3. The zero-order valence-electron chi connectivity index (χ0n) is 18.5. The van der Waals surface area contributed by atoms with Crippen molar-refractivity contribution in [2.75, 3.05) is 24.6 Å². The number of ether oxygens (including phenoxy) is 1. The third-order valence-electron chi connectivity index (χ3n) is 7.02. The Hall–Kier alpha value is -2.18. The zero-order valence-corrected chi connectivity index (χ0v) is 20.9. The van der Waals surface area contributed by atoms with Crippen LogP contribution >= 0.6 is 34.7 Å². The van der Waals surface area contributed by atoms with Gasteiger partial charge in [-0.1, -0.05) is 42.9 Å². The summed E-state index contributed by atoms with van der Waals surface area (Å²) in [7, 11) is 0. The molecule has 2 atom stereocenters. The summed E-state index contributed by atoms with van der Waals surface area (Å²) in [4.78, 5) is 20.3. The van der Waals surface area contributed by atoms with E-state index < -0.39 is 0 Å². The summed E-state index contributed by atoms with van der Waals surface area (Å²) in [5.41, 5.74) is 1.14. The molecule has 4 heterocycles. The average molecular weight is 498 g/mol. The van der Waals surface area contributed by atoms with Crippen molar-refractivity contribution in [2.24, 2.45) is 11.3 Å². The number of halogens is 1. The van der Waals surface area contributed by atoms with E-state index in [0.29, 0.717) is 28.3 Å². The van der Waals surface area contributed by atoms with Crippen LogP contribution in [0.2, 0.25) is 5.02 Å². The van der Waals surface area contributed by atoms with Crippen molar-refractivity contribution in [2.45, 2.75) is 42.7 Å². The molecule has 0 radical (unpaired) electrons. The van der Waals surface area contributed by atoms with Crippen LogP contribution < -0.4 is 4.90 Å². The van der Waals surface area contributed by atoms with E-state index in [1.54, 1.807) is 5.38 Å². The van der Waals surface area contributed by atoms with E-state index in [1.807, 2.05) is 30.6 Å². The van der Waals surface area contributed by atoms with Gasteiger partial charge in [0.1, 0.15) is 10.8 Å². The quantitative estimate of drug-likeness (QED) is 0.378. The van der Waals surface area contributed by atoms with Gasteiger partial charge < -0.3 is 14.5 Å². The molecule has 0 amide bonds. The van der Waals surface area contributed by atoms with Crippen molar-refractivity contribution in [3.63, 3.8) is 0 Å². The summed E-state index contributed by atoms with van der Waals surface area (Å²) in [6.07, 6.45) is 6.29. The molecular weight excluding hydrogens is 474 g/mol. The third-order valence-corrected chi connectivity index (χ3v) is 9.38. The molecule has 0 unspecified atom stereocenters. The molecule has 6 nitrogen and oxygen atoms in total. The van der Waals surface area contributed by atoms with Crippen molar-refractivity contribution in [1.82, 2.24) is 15.0 Å². The van der Waals surface area contributed by atoms with Crippen LogP contribution in [0.5, 0.6) is 0 Å². The second-order valence-electron chi connectivity index (χ2n) is 8.71. The van der Waals surface area contributed by atoms with E-state index in [0.717, 1.165) is 58.8 Å². The van der Waals surface area contributed by atoms with Gasteiger partial charge in [-0.25, -0.2) is 9.97 Å². The standard InChI is InChI=1S/C24H24ClN5OS2/c1-15-16(2)31-14-24(15)7-9-30(10-8-24)20-11-28-21(12-27-20)33-18-6-4-5-17(22(18)25)23-29-19(26-3)13-32-23/h4-6,11-13,15-16H,7-10,14H2,1-2H3/t15-,16+/m1/s1. The highest BCUT2D eigenvalue weighted by atomic mass is 35.5. The number of thiazole rings is 1. The normalized spacial score (nSPS) is 21.9. The maximum atomic E-state index is 7.12. The molecule has 9 heteroatoms. The van der Waals surface area contributed by atoms with Gasteiger partial charge in [0.05, 0.1) is 35.7 Å². The van der Waals surface area contributed by atoms with Gasteiger partial charge in [-0.05, 0) is 37.8 Å². The molecule has 0 N–H and O–H groups in total. The monoisotopic (exact) mass is 497 g/mol. The van der Waals surface area contributed by atoms with E-state index >= 15 is 0 Å². The Balaban J connectivity index is 1.27. The van der Waals surface area contributed by atoms with Gasteiger partial charge in [-0.15, -0.1) is 16.3 Å². The van der Waals surface area contributed by atoms with Crippen molar-refractivity contribution in [3.8, 4) is 10.6 Å². The lowest BCUT2D eigenvalue weighted by molar-refractivity contribution is 0.0969. The summed E-state index contributed by atoms with van der Waals surface area (Å²) in [6.45, 7) is 14.5. The zero-order chi connectivity index (χ0) is 23.0. The largest absolute Gasteiger partial charge is 0.378 e. The molecule has 170 valence electrons. The minimum absolute atomic E-state index is 0.313. The highest BCUT2D eigenvalue weighted by Gasteiger charge is 2.46. The van der Waals surface area contributed by atoms with Crippen molar-refractivity contribution in [1.29, 1.82) is 0 Å². The lowest BCUT2D eigenvalue weighted by Crippen LogP contribution is -2.44. The molecule has 2 saturated heterocycles. The molecule has 5 rings (SSSR count). The molecule has 2 aliphatic rings. The number of nitrogens with zero attached hydrogens (tertiary/aromatic N) is 5. The van der Waals surface area contributed by atoms with Crippen LogP contribution in [0.25, 0.3) is 15.4 Å². The SMILES string of the molecule is [C-]#[N+]c1csc(-c2cccc(Sc3cnc(N4CCC5(CC4)CO[C@@H](C)[C@H]5C)cn3)c2Cl)n1. The van der Waals surface area contributed by atoms with E-state index in [-0.39, 0.29) is 0 Å². The van der Waals surface area contributed by atoms with Gasteiger partial charge in [0.15, 0.2) is 0 Å². The molecule has 2 aliphatic heterocycles. The molecule has 0 saturated carbocycles. The van der Waals surface area contributed by atoms with Crippen LogP contribution in [-0.4, -0.2) is 40.8 Å². The van der Waals surface area contributed by atoms with Crippen molar-refractivity contribution in [3.05, 3.63) is 52.4 Å². The third kappa shape index (κ3) is 4.35. The molecule has 2 aromatic heterocycles. The topological polar surface area (TPSA) is 55.5 Å². The van der Waals surface area contributed by atoms with Gasteiger partial charge in [0.25, 0.3) is 5.82 Å². The fraction of sp³-hybridized carbons (Fsp3) is 0.417. The Bertz CT molecular complexity index is 1180. The van der Waals surface area contributed by atoms with E-state index in [9.17, 15) is 0 Å². The summed E-state index contributed by atoms with van der Waals surface area (Å²) in [5.74, 6) is 1.91. The first-order valence-corrected chi connectivity index (χ1v) is 13.0. The summed E-state index contributed by atoms with van der Waals surface area (Å²) in [5, 5.41) is 3.89. The average Bonchev–Trinajstić information content (AvgIpc) is 3.43. The Kier molecular flexibility index (Phi) is 6.32. The number of hydrogen-bond donors (Lipinski definition) is 0. The van der Waals surface area contributed by atoms with E-state index in [2.05, 4.69) is 33.6 Å². The van der Waals surface area contributed by atoms with E-state index in [1.165, 1.54) is 23.1 Å². The van der Waals surface area contributed by atoms with Gasteiger partial charge in [0.2, 0.25) is 5.01 Å². The fourth-order valence-corrected chi connectivity index (χ4v) is 6.62. The lowest BCUT2D eigenvalue weighted by Gasteiger charge is -2.41. The van der Waals surface area contributed by atoms with Crippen LogP contribution in [-0.2, 0) is 4.74 Å². The fourth-order valence-electron chi connectivity index (χ4n) is 4.69. The van der Waals surface area contributed by atoms with Gasteiger partial charge in [-0.2, -0.15) is 0 Å². The molecule has 0 aliphatic carbocycles. The second-order valence-corrected chi connectivity index (χ2v) is 11.0. The molecule has 1 spiro atoms.